The van der Waals surface area contributed by atoms with Crippen molar-refractivity contribution in [3.8, 4) is 17.2 Å². The van der Waals surface area contributed by atoms with E-state index in [1.165, 1.54) is 6.33 Å². The molecule has 0 saturated heterocycles. The number of para-hydroxylation sites is 2. The van der Waals surface area contributed by atoms with Crippen molar-refractivity contribution < 1.29 is 14.3 Å². The number of rotatable bonds is 8. The Balaban J connectivity index is 1.57. The van der Waals surface area contributed by atoms with Gasteiger partial charge in [-0.05, 0) is 42.8 Å². The van der Waals surface area contributed by atoms with E-state index in [1.807, 2.05) is 30.3 Å². The van der Waals surface area contributed by atoms with Crippen molar-refractivity contribution in [1.82, 2.24) is 14.8 Å². The molecule has 1 aromatic heterocycles. The van der Waals surface area contributed by atoms with Gasteiger partial charge in [0, 0.05) is 0 Å². The van der Waals surface area contributed by atoms with Crippen LogP contribution in [0.1, 0.15) is 13.3 Å². The topological polar surface area (TPSA) is 78.3 Å². The normalized spacial score (nSPS) is 10.3. The minimum atomic E-state index is -0.260. The summed E-state index contributed by atoms with van der Waals surface area (Å²) in [4.78, 5) is 16.1. The van der Waals surface area contributed by atoms with Gasteiger partial charge in [-0.3, -0.25) is 4.79 Å². The highest BCUT2D eigenvalue weighted by Crippen LogP contribution is 2.20. The molecular weight excluding hydrogens is 332 g/mol. The number of amides is 1. The molecule has 7 heteroatoms. The van der Waals surface area contributed by atoms with Gasteiger partial charge in [0.05, 0.1) is 18.0 Å². The van der Waals surface area contributed by atoms with Gasteiger partial charge in [0.2, 0.25) is 0 Å². The second-order valence-corrected chi connectivity index (χ2v) is 5.51. The number of aromatic nitrogens is 3. The molecule has 0 saturated carbocycles. The lowest BCUT2D eigenvalue weighted by Crippen LogP contribution is -2.21. The van der Waals surface area contributed by atoms with Crippen molar-refractivity contribution >= 4 is 11.6 Å². The van der Waals surface area contributed by atoms with Crippen molar-refractivity contribution in [1.29, 1.82) is 0 Å². The average Bonchev–Trinajstić information content (AvgIpc) is 3.20. The van der Waals surface area contributed by atoms with E-state index < -0.39 is 0 Å². The van der Waals surface area contributed by atoms with Crippen LogP contribution in [-0.4, -0.2) is 33.9 Å². The Morgan fingerprint density at radius 2 is 1.81 bits per heavy atom. The third-order valence-electron chi connectivity index (χ3n) is 3.51. The number of carbonyl (C=O) groups is 1. The maximum Gasteiger partial charge on any atom is 0.262 e. The highest BCUT2D eigenvalue weighted by Gasteiger charge is 2.09. The van der Waals surface area contributed by atoms with Gasteiger partial charge in [-0.1, -0.05) is 19.1 Å². The molecule has 3 aromatic rings. The first-order chi connectivity index (χ1) is 12.8. The Morgan fingerprint density at radius 1 is 1.08 bits per heavy atom. The zero-order valence-corrected chi connectivity index (χ0v) is 14.5. The molecule has 1 N–H and O–H groups in total. The van der Waals surface area contributed by atoms with Crippen LogP contribution < -0.4 is 14.8 Å². The van der Waals surface area contributed by atoms with E-state index in [1.54, 1.807) is 29.2 Å². The molecule has 0 atom stereocenters. The molecule has 134 valence electrons. The highest BCUT2D eigenvalue weighted by molar-refractivity contribution is 5.93. The molecule has 26 heavy (non-hydrogen) atoms. The van der Waals surface area contributed by atoms with Crippen LogP contribution in [0.4, 0.5) is 5.69 Å². The number of anilines is 1. The molecule has 2 aromatic carbocycles. The molecule has 0 radical (unpaired) electrons. The zero-order chi connectivity index (χ0) is 18.2. The van der Waals surface area contributed by atoms with E-state index in [2.05, 4.69) is 22.3 Å². The predicted octanol–water partition coefficient (Wildman–Crippen LogP) is 3.07. The molecule has 0 aliphatic heterocycles. The molecule has 3 rings (SSSR count). The van der Waals surface area contributed by atoms with E-state index >= 15 is 0 Å². The first-order valence-corrected chi connectivity index (χ1v) is 8.36. The molecule has 0 aliphatic rings. The first-order valence-electron chi connectivity index (χ1n) is 8.36. The summed E-state index contributed by atoms with van der Waals surface area (Å²) in [5, 5.41) is 6.92. The minimum Gasteiger partial charge on any atom is -0.494 e. The molecule has 0 bridgehead atoms. The third-order valence-corrected chi connectivity index (χ3v) is 3.51. The summed E-state index contributed by atoms with van der Waals surface area (Å²) in [6.07, 6.45) is 3.97. The van der Waals surface area contributed by atoms with E-state index in [-0.39, 0.29) is 12.5 Å². The van der Waals surface area contributed by atoms with Gasteiger partial charge in [-0.15, -0.1) is 0 Å². The summed E-state index contributed by atoms with van der Waals surface area (Å²) < 4.78 is 12.6. The van der Waals surface area contributed by atoms with Crippen LogP contribution >= 0.6 is 0 Å². The third kappa shape index (κ3) is 4.60. The zero-order valence-electron chi connectivity index (χ0n) is 14.5. The molecule has 7 nitrogen and oxygen atoms in total. The van der Waals surface area contributed by atoms with Gasteiger partial charge in [0.1, 0.15) is 24.2 Å². The SMILES string of the molecule is CCCOc1ccc(OCC(=O)Nc2ccccc2-n2cncn2)cc1. The van der Waals surface area contributed by atoms with E-state index in [0.717, 1.165) is 17.9 Å². The number of nitrogens with zero attached hydrogens (tertiary/aromatic N) is 3. The Hall–Kier alpha value is -3.35. The fraction of sp³-hybridized carbons (Fsp3) is 0.211. The lowest BCUT2D eigenvalue weighted by atomic mass is 10.2. The number of benzene rings is 2. The summed E-state index contributed by atoms with van der Waals surface area (Å²) >= 11 is 0. The number of nitrogens with one attached hydrogen (secondary N) is 1. The standard InChI is InChI=1S/C19H20N4O3/c1-2-11-25-15-7-9-16(10-8-15)26-12-19(24)22-17-5-3-4-6-18(17)23-14-20-13-21-23/h3-10,13-14H,2,11-12H2,1H3,(H,22,24). The van der Waals surface area contributed by atoms with Gasteiger partial charge in [0.15, 0.2) is 6.61 Å². The van der Waals surface area contributed by atoms with Crippen LogP contribution in [0.5, 0.6) is 11.5 Å². The van der Waals surface area contributed by atoms with Gasteiger partial charge in [-0.2, -0.15) is 5.10 Å². The Morgan fingerprint density at radius 3 is 2.50 bits per heavy atom. The summed E-state index contributed by atoms with van der Waals surface area (Å²) in [5.74, 6) is 1.13. The lowest BCUT2D eigenvalue weighted by Gasteiger charge is -2.11. The monoisotopic (exact) mass is 352 g/mol. The van der Waals surface area contributed by atoms with Crippen molar-refractivity contribution in [3.05, 3.63) is 61.2 Å². The summed E-state index contributed by atoms with van der Waals surface area (Å²) in [6, 6.07) is 14.6. The Labute approximate surface area is 151 Å². The number of carbonyl (C=O) groups excluding carboxylic acids is 1. The fourth-order valence-electron chi connectivity index (χ4n) is 2.30. The summed E-state index contributed by atoms with van der Waals surface area (Å²) in [5.41, 5.74) is 1.37. The number of ether oxygens (including phenoxy) is 2. The van der Waals surface area contributed by atoms with Crippen molar-refractivity contribution in [2.75, 3.05) is 18.5 Å². The summed E-state index contributed by atoms with van der Waals surface area (Å²) in [6.45, 7) is 2.63. The van der Waals surface area contributed by atoms with E-state index in [0.29, 0.717) is 18.0 Å². The molecule has 1 heterocycles. The lowest BCUT2D eigenvalue weighted by molar-refractivity contribution is -0.118. The second-order valence-electron chi connectivity index (χ2n) is 5.51. The van der Waals surface area contributed by atoms with Crippen LogP contribution in [0.15, 0.2) is 61.2 Å². The largest absolute Gasteiger partial charge is 0.494 e. The van der Waals surface area contributed by atoms with Crippen LogP contribution in [0, 0.1) is 0 Å². The minimum absolute atomic E-state index is 0.0964. The first kappa shape index (κ1) is 17.5. The van der Waals surface area contributed by atoms with Crippen molar-refractivity contribution in [2.24, 2.45) is 0 Å². The van der Waals surface area contributed by atoms with Crippen LogP contribution in [-0.2, 0) is 4.79 Å². The van der Waals surface area contributed by atoms with Crippen LogP contribution in [0.2, 0.25) is 0 Å². The predicted molar refractivity (Wildman–Crippen MR) is 97.7 cm³/mol. The van der Waals surface area contributed by atoms with Gasteiger partial charge in [-0.25, -0.2) is 9.67 Å². The van der Waals surface area contributed by atoms with Crippen molar-refractivity contribution in [2.45, 2.75) is 13.3 Å². The molecular formula is C19H20N4O3. The van der Waals surface area contributed by atoms with Gasteiger partial charge < -0.3 is 14.8 Å². The smallest absolute Gasteiger partial charge is 0.262 e. The number of hydrogen-bond donors (Lipinski definition) is 1. The quantitative estimate of drug-likeness (QED) is 0.674. The van der Waals surface area contributed by atoms with Crippen molar-refractivity contribution in [3.63, 3.8) is 0 Å². The molecule has 0 unspecified atom stereocenters. The second kappa shape index (κ2) is 8.66. The molecule has 0 aliphatic carbocycles. The Bertz CT molecular complexity index is 832. The maximum atomic E-state index is 12.2. The maximum absolute atomic E-state index is 12.2. The van der Waals surface area contributed by atoms with Gasteiger partial charge >= 0.3 is 0 Å². The molecule has 1 amide bonds. The van der Waals surface area contributed by atoms with Crippen LogP contribution in [0.3, 0.4) is 0 Å². The van der Waals surface area contributed by atoms with Crippen LogP contribution in [0.25, 0.3) is 5.69 Å². The van der Waals surface area contributed by atoms with E-state index in [4.69, 9.17) is 9.47 Å². The van der Waals surface area contributed by atoms with Gasteiger partial charge in [0.25, 0.3) is 5.91 Å². The highest BCUT2D eigenvalue weighted by atomic mass is 16.5. The summed E-state index contributed by atoms with van der Waals surface area (Å²) in [7, 11) is 0. The van der Waals surface area contributed by atoms with E-state index in [9.17, 15) is 4.79 Å². The molecule has 0 spiro atoms. The average molecular weight is 352 g/mol. The Kier molecular flexibility index (Phi) is 5.82. The number of hydrogen-bond acceptors (Lipinski definition) is 5. The molecule has 0 fully saturated rings. The fourth-order valence-corrected chi connectivity index (χ4v) is 2.30.